The van der Waals surface area contributed by atoms with Crippen molar-refractivity contribution >= 4 is 17.6 Å². The van der Waals surface area contributed by atoms with Crippen molar-refractivity contribution in [2.24, 2.45) is 5.41 Å². The van der Waals surface area contributed by atoms with Crippen molar-refractivity contribution in [2.75, 3.05) is 5.32 Å². The minimum absolute atomic E-state index is 0.379. The van der Waals surface area contributed by atoms with Gasteiger partial charge in [0.25, 0.3) is 0 Å². The highest BCUT2D eigenvalue weighted by Crippen LogP contribution is 2.46. The highest BCUT2D eigenvalue weighted by molar-refractivity contribution is 6.10. The lowest BCUT2D eigenvalue weighted by Crippen LogP contribution is -2.31. The van der Waals surface area contributed by atoms with Crippen LogP contribution in [0.1, 0.15) is 36.8 Å². The average Bonchev–Trinajstić information content (AvgIpc) is 3.20. The molecule has 0 bridgehead atoms. The Morgan fingerprint density at radius 2 is 1.79 bits per heavy atom. The van der Waals surface area contributed by atoms with E-state index in [1.165, 1.54) is 24.0 Å². The Balaban J connectivity index is 1.77. The maximum absolute atomic E-state index is 12.0. The van der Waals surface area contributed by atoms with E-state index in [1.807, 2.05) is 18.2 Å². The first-order valence-electron chi connectivity index (χ1n) is 6.78. The van der Waals surface area contributed by atoms with Crippen molar-refractivity contribution in [3.8, 4) is 0 Å². The van der Waals surface area contributed by atoms with Crippen LogP contribution in [0, 0.1) is 5.41 Å². The summed E-state index contributed by atoms with van der Waals surface area (Å²) in [5.74, 6) is -1.39. The largest absolute Gasteiger partial charge is 0.480 e. The van der Waals surface area contributed by atoms with Gasteiger partial charge in [-0.1, -0.05) is 6.07 Å². The van der Waals surface area contributed by atoms with Crippen LogP contribution < -0.4 is 5.32 Å². The summed E-state index contributed by atoms with van der Waals surface area (Å²) < 4.78 is 0. The topological polar surface area (TPSA) is 66.4 Å². The predicted molar refractivity (Wildman–Crippen MR) is 71.0 cm³/mol. The first-order valence-corrected chi connectivity index (χ1v) is 6.78. The molecule has 0 unspecified atom stereocenters. The smallest absolute Gasteiger partial charge is 0.319 e. The third kappa shape index (κ3) is 2.11. The van der Waals surface area contributed by atoms with Gasteiger partial charge in [-0.2, -0.15) is 0 Å². The number of hydrogen-bond acceptors (Lipinski definition) is 2. The van der Waals surface area contributed by atoms with E-state index in [-0.39, 0.29) is 5.91 Å². The Labute approximate surface area is 111 Å². The zero-order valence-corrected chi connectivity index (χ0v) is 10.7. The van der Waals surface area contributed by atoms with Crippen LogP contribution in [-0.4, -0.2) is 17.0 Å². The summed E-state index contributed by atoms with van der Waals surface area (Å²) in [4.78, 5) is 23.1. The molecule has 0 saturated heterocycles. The van der Waals surface area contributed by atoms with Gasteiger partial charge in [0.05, 0.1) is 0 Å². The maximum Gasteiger partial charge on any atom is 0.319 e. The van der Waals surface area contributed by atoms with Gasteiger partial charge in [0.15, 0.2) is 0 Å². The standard InChI is InChI=1S/C15H17NO3/c17-13(15(7-8-15)14(18)19)16-12-6-5-10-3-1-2-4-11(10)9-12/h5-6,9H,1-4,7-8H2,(H,16,17)(H,18,19). The van der Waals surface area contributed by atoms with Crippen molar-refractivity contribution < 1.29 is 14.7 Å². The number of carbonyl (C=O) groups is 2. The summed E-state index contributed by atoms with van der Waals surface area (Å²) in [6.07, 6.45) is 5.44. The van der Waals surface area contributed by atoms with Crippen molar-refractivity contribution in [2.45, 2.75) is 38.5 Å². The van der Waals surface area contributed by atoms with Crippen molar-refractivity contribution in [1.29, 1.82) is 0 Å². The molecule has 2 aliphatic carbocycles. The van der Waals surface area contributed by atoms with Crippen LogP contribution in [-0.2, 0) is 22.4 Å². The molecule has 19 heavy (non-hydrogen) atoms. The molecule has 3 rings (SSSR count). The summed E-state index contributed by atoms with van der Waals surface area (Å²) >= 11 is 0. The van der Waals surface area contributed by atoms with Gasteiger partial charge in [-0.15, -0.1) is 0 Å². The molecule has 1 aromatic rings. The number of fused-ring (bicyclic) bond motifs is 1. The van der Waals surface area contributed by atoms with Gasteiger partial charge < -0.3 is 10.4 Å². The van der Waals surface area contributed by atoms with Crippen LogP contribution in [0.3, 0.4) is 0 Å². The minimum atomic E-state index is -1.17. The molecule has 1 saturated carbocycles. The predicted octanol–water partition coefficient (Wildman–Crippen LogP) is 2.37. The molecule has 100 valence electrons. The number of carboxylic acid groups (broad SMARTS) is 1. The maximum atomic E-state index is 12.0. The second-order valence-electron chi connectivity index (χ2n) is 5.53. The Hall–Kier alpha value is -1.84. The lowest BCUT2D eigenvalue weighted by atomic mass is 9.91. The molecule has 4 heteroatoms. The van der Waals surface area contributed by atoms with Gasteiger partial charge >= 0.3 is 5.97 Å². The molecule has 0 heterocycles. The monoisotopic (exact) mass is 259 g/mol. The molecule has 2 N–H and O–H groups in total. The fraction of sp³-hybridized carbons (Fsp3) is 0.467. The number of hydrogen-bond donors (Lipinski definition) is 2. The number of rotatable bonds is 3. The lowest BCUT2D eigenvalue weighted by Gasteiger charge is -2.17. The lowest BCUT2D eigenvalue weighted by molar-refractivity contribution is -0.147. The molecule has 0 atom stereocenters. The molecule has 4 nitrogen and oxygen atoms in total. The van der Waals surface area contributed by atoms with E-state index < -0.39 is 11.4 Å². The molecule has 0 aromatic heterocycles. The zero-order chi connectivity index (χ0) is 13.5. The summed E-state index contributed by atoms with van der Waals surface area (Å²) in [5.41, 5.74) is 2.18. The third-order valence-corrected chi connectivity index (χ3v) is 4.20. The molecule has 0 aliphatic heterocycles. The van der Waals surface area contributed by atoms with Crippen LogP contribution >= 0.6 is 0 Å². The molecule has 2 aliphatic rings. The third-order valence-electron chi connectivity index (χ3n) is 4.20. The van der Waals surface area contributed by atoms with E-state index in [4.69, 9.17) is 5.11 Å². The van der Waals surface area contributed by atoms with E-state index in [0.717, 1.165) is 18.5 Å². The van der Waals surface area contributed by atoms with Crippen LogP contribution in [0.5, 0.6) is 0 Å². The fourth-order valence-electron chi connectivity index (χ4n) is 2.72. The van der Waals surface area contributed by atoms with E-state index in [0.29, 0.717) is 12.8 Å². The molecule has 0 radical (unpaired) electrons. The summed E-state index contributed by atoms with van der Waals surface area (Å²) in [6.45, 7) is 0. The second-order valence-corrected chi connectivity index (χ2v) is 5.53. The normalized spacial score (nSPS) is 19.4. The highest BCUT2D eigenvalue weighted by Gasteiger charge is 2.57. The second kappa shape index (κ2) is 4.37. The Morgan fingerprint density at radius 1 is 1.11 bits per heavy atom. The summed E-state index contributed by atoms with van der Waals surface area (Å²) in [7, 11) is 0. The summed E-state index contributed by atoms with van der Waals surface area (Å²) in [5, 5.41) is 11.8. The van der Waals surface area contributed by atoms with Crippen LogP contribution in [0.4, 0.5) is 5.69 Å². The Bertz CT molecular complexity index is 546. The van der Waals surface area contributed by atoms with Crippen LogP contribution in [0.15, 0.2) is 18.2 Å². The number of aliphatic carboxylic acids is 1. The van der Waals surface area contributed by atoms with E-state index in [1.54, 1.807) is 0 Å². The number of anilines is 1. The highest BCUT2D eigenvalue weighted by atomic mass is 16.4. The first kappa shape index (κ1) is 12.2. The van der Waals surface area contributed by atoms with Gasteiger partial charge in [-0.05, 0) is 61.8 Å². The van der Waals surface area contributed by atoms with Gasteiger partial charge in [0.1, 0.15) is 5.41 Å². The molecule has 1 fully saturated rings. The quantitative estimate of drug-likeness (QED) is 0.819. The molecular formula is C15H17NO3. The van der Waals surface area contributed by atoms with Gasteiger partial charge in [-0.25, -0.2) is 0 Å². The Morgan fingerprint density at radius 3 is 2.42 bits per heavy atom. The van der Waals surface area contributed by atoms with Crippen molar-refractivity contribution in [1.82, 2.24) is 0 Å². The SMILES string of the molecule is O=C(O)C1(C(=O)Nc2ccc3c(c2)CCCC3)CC1. The van der Waals surface area contributed by atoms with Crippen LogP contribution in [0.2, 0.25) is 0 Å². The number of carboxylic acids is 1. The van der Waals surface area contributed by atoms with Crippen molar-refractivity contribution in [3.63, 3.8) is 0 Å². The van der Waals surface area contributed by atoms with Gasteiger partial charge in [0.2, 0.25) is 5.91 Å². The minimum Gasteiger partial charge on any atom is -0.480 e. The Kier molecular flexibility index (Phi) is 2.81. The average molecular weight is 259 g/mol. The molecule has 1 aromatic carbocycles. The molecule has 1 amide bonds. The van der Waals surface area contributed by atoms with Gasteiger partial charge in [0, 0.05) is 5.69 Å². The number of amides is 1. The number of benzene rings is 1. The molecular weight excluding hydrogens is 242 g/mol. The summed E-state index contributed by atoms with van der Waals surface area (Å²) in [6, 6.07) is 5.91. The van der Waals surface area contributed by atoms with Crippen molar-refractivity contribution in [3.05, 3.63) is 29.3 Å². The number of carbonyl (C=O) groups excluding carboxylic acids is 1. The van der Waals surface area contributed by atoms with E-state index >= 15 is 0 Å². The van der Waals surface area contributed by atoms with E-state index in [9.17, 15) is 9.59 Å². The number of nitrogens with one attached hydrogen (secondary N) is 1. The van der Waals surface area contributed by atoms with Crippen LogP contribution in [0.25, 0.3) is 0 Å². The first-order chi connectivity index (χ1) is 9.12. The molecule has 0 spiro atoms. The number of aryl methyl sites for hydroxylation is 2. The van der Waals surface area contributed by atoms with E-state index in [2.05, 4.69) is 5.32 Å². The fourth-order valence-corrected chi connectivity index (χ4v) is 2.72. The van der Waals surface area contributed by atoms with Gasteiger partial charge in [-0.3, -0.25) is 9.59 Å². The zero-order valence-electron chi connectivity index (χ0n) is 10.7.